The number of carbonyl (C=O) groups is 1. The number of aliphatic hydroxyl groups is 1. The maximum absolute atomic E-state index is 11.8. The molecule has 0 spiro atoms. The lowest BCUT2D eigenvalue weighted by atomic mass is 10.2. The van der Waals surface area contributed by atoms with Gasteiger partial charge in [-0.05, 0) is 41.6 Å². The normalized spacial score (nSPS) is 10.4. The average Bonchev–Trinajstić information content (AvgIpc) is 2.89. The van der Waals surface area contributed by atoms with Crippen molar-refractivity contribution in [3.05, 3.63) is 50.7 Å². The molecule has 1 heterocycles. The van der Waals surface area contributed by atoms with Gasteiger partial charge in [0.05, 0.1) is 30.4 Å². The molecule has 112 valence electrons. The lowest BCUT2D eigenvalue weighted by molar-refractivity contribution is -0.119. The van der Waals surface area contributed by atoms with E-state index in [0.29, 0.717) is 17.3 Å². The van der Waals surface area contributed by atoms with Crippen molar-refractivity contribution in [3.8, 4) is 0 Å². The predicted octanol–water partition coefficient (Wildman–Crippen LogP) is 2.93. The summed E-state index contributed by atoms with van der Waals surface area (Å²) in [5, 5.41) is 17.5. The number of hydrogen-bond donors (Lipinski definition) is 3. The Kier molecular flexibility index (Phi) is 5.61. The molecule has 0 atom stereocenters. The fraction of sp³-hybridized carbons (Fsp3) is 0.267. The second-order valence-electron chi connectivity index (χ2n) is 4.63. The second-order valence-corrected chi connectivity index (χ2v) is 6.04. The summed E-state index contributed by atoms with van der Waals surface area (Å²) in [5.74, 6) is -0.103. The third-order valence-corrected chi connectivity index (χ3v) is 4.42. The van der Waals surface area contributed by atoms with Gasteiger partial charge in [-0.1, -0.05) is 17.7 Å². The zero-order chi connectivity index (χ0) is 15.2. The van der Waals surface area contributed by atoms with E-state index in [4.69, 9.17) is 16.7 Å². The fourth-order valence-corrected chi connectivity index (χ4v) is 2.84. The van der Waals surface area contributed by atoms with E-state index >= 15 is 0 Å². The van der Waals surface area contributed by atoms with Crippen LogP contribution in [0.5, 0.6) is 0 Å². The quantitative estimate of drug-likeness (QED) is 0.765. The number of nitrogens with one attached hydrogen (secondary N) is 2. The summed E-state index contributed by atoms with van der Waals surface area (Å²) in [6.07, 6.45) is 0. The molecule has 1 aromatic carbocycles. The van der Waals surface area contributed by atoms with Crippen molar-refractivity contribution < 1.29 is 9.90 Å². The van der Waals surface area contributed by atoms with E-state index in [1.165, 1.54) is 5.56 Å². The van der Waals surface area contributed by atoms with E-state index in [0.717, 1.165) is 10.4 Å². The van der Waals surface area contributed by atoms with Gasteiger partial charge in [-0.25, -0.2) is 0 Å². The molecular formula is C15H17ClN2O2S. The number of benzene rings is 1. The molecule has 0 bridgehead atoms. The van der Waals surface area contributed by atoms with Crippen LogP contribution in [0.2, 0.25) is 5.02 Å². The number of hydrogen-bond acceptors (Lipinski definition) is 4. The summed E-state index contributed by atoms with van der Waals surface area (Å²) < 4.78 is 0. The van der Waals surface area contributed by atoms with E-state index in [2.05, 4.69) is 10.6 Å². The highest BCUT2D eigenvalue weighted by atomic mass is 35.5. The molecule has 0 radical (unpaired) electrons. The third kappa shape index (κ3) is 4.46. The van der Waals surface area contributed by atoms with E-state index in [1.807, 2.05) is 18.4 Å². The molecule has 1 amide bonds. The zero-order valence-electron chi connectivity index (χ0n) is 11.6. The Morgan fingerprint density at radius 1 is 1.38 bits per heavy atom. The molecule has 0 saturated carbocycles. The lowest BCUT2D eigenvalue weighted by Gasteiger charge is -2.10. The molecule has 4 nitrogen and oxygen atoms in total. The summed E-state index contributed by atoms with van der Waals surface area (Å²) >= 11 is 7.67. The number of aryl methyl sites for hydroxylation is 1. The van der Waals surface area contributed by atoms with E-state index in [-0.39, 0.29) is 19.1 Å². The van der Waals surface area contributed by atoms with E-state index in [1.54, 1.807) is 29.5 Å². The van der Waals surface area contributed by atoms with Crippen LogP contribution in [0.15, 0.2) is 29.6 Å². The van der Waals surface area contributed by atoms with Gasteiger partial charge in [0.15, 0.2) is 0 Å². The van der Waals surface area contributed by atoms with Gasteiger partial charge in [-0.2, -0.15) is 0 Å². The lowest BCUT2D eigenvalue weighted by Crippen LogP contribution is -2.29. The highest BCUT2D eigenvalue weighted by Crippen LogP contribution is 2.22. The van der Waals surface area contributed by atoms with Crippen LogP contribution in [0.1, 0.15) is 16.0 Å². The Balaban J connectivity index is 1.85. The van der Waals surface area contributed by atoms with Gasteiger partial charge in [0.25, 0.3) is 0 Å². The van der Waals surface area contributed by atoms with Crippen molar-refractivity contribution in [1.29, 1.82) is 0 Å². The minimum Gasteiger partial charge on any atom is -0.392 e. The van der Waals surface area contributed by atoms with E-state index in [9.17, 15) is 4.79 Å². The molecule has 3 N–H and O–H groups in total. The Morgan fingerprint density at radius 3 is 2.86 bits per heavy atom. The minimum absolute atomic E-state index is 0.0598. The Morgan fingerprint density at radius 2 is 2.19 bits per heavy atom. The molecule has 2 aromatic rings. The number of thiophene rings is 1. The summed E-state index contributed by atoms with van der Waals surface area (Å²) in [4.78, 5) is 13.0. The number of rotatable bonds is 6. The first-order valence-electron chi connectivity index (χ1n) is 6.53. The maximum Gasteiger partial charge on any atom is 0.239 e. The summed E-state index contributed by atoms with van der Waals surface area (Å²) in [5.41, 5.74) is 2.58. The molecule has 0 unspecified atom stereocenters. The van der Waals surface area contributed by atoms with Crippen molar-refractivity contribution in [3.63, 3.8) is 0 Å². The molecule has 1 aromatic heterocycles. The summed E-state index contributed by atoms with van der Waals surface area (Å²) in [6.45, 7) is 2.64. The average molecular weight is 325 g/mol. The Hall–Kier alpha value is -1.56. The van der Waals surface area contributed by atoms with Gasteiger partial charge in [-0.15, -0.1) is 11.3 Å². The molecule has 0 aliphatic heterocycles. The molecule has 0 aliphatic rings. The van der Waals surface area contributed by atoms with Crippen LogP contribution in [0, 0.1) is 6.92 Å². The first-order valence-corrected chi connectivity index (χ1v) is 7.78. The Labute approximate surface area is 132 Å². The molecule has 0 aliphatic carbocycles. The first-order chi connectivity index (χ1) is 10.1. The SMILES string of the molecule is Cc1ccsc1CNC(=O)CNc1cc(CO)ccc1Cl. The van der Waals surface area contributed by atoms with Crippen LogP contribution in [-0.4, -0.2) is 17.6 Å². The fourth-order valence-electron chi connectivity index (χ4n) is 1.81. The molecule has 21 heavy (non-hydrogen) atoms. The van der Waals surface area contributed by atoms with Crippen LogP contribution in [0.4, 0.5) is 5.69 Å². The smallest absolute Gasteiger partial charge is 0.239 e. The molecule has 2 rings (SSSR count). The van der Waals surface area contributed by atoms with Crippen LogP contribution < -0.4 is 10.6 Å². The standard InChI is InChI=1S/C15H17ClN2O2S/c1-10-4-5-21-14(10)7-18-15(20)8-17-13-6-11(9-19)2-3-12(13)16/h2-6,17,19H,7-9H2,1H3,(H,18,20). The van der Waals surface area contributed by atoms with Crippen molar-refractivity contribution in [1.82, 2.24) is 5.32 Å². The molecule has 6 heteroatoms. The van der Waals surface area contributed by atoms with Gasteiger partial charge in [0, 0.05) is 4.88 Å². The van der Waals surface area contributed by atoms with Crippen molar-refractivity contribution in [2.75, 3.05) is 11.9 Å². The van der Waals surface area contributed by atoms with Gasteiger partial charge in [0.2, 0.25) is 5.91 Å². The topological polar surface area (TPSA) is 61.4 Å². The largest absolute Gasteiger partial charge is 0.392 e. The van der Waals surface area contributed by atoms with E-state index < -0.39 is 0 Å². The maximum atomic E-state index is 11.8. The molecular weight excluding hydrogens is 308 g/mol. The van der Waals surface area contributed by atoms with Crippen molar-refractivity contribution >= 4 is 34.5 Å². The van der Waals surface area contributed by atoms with Crippen LogP contribution >= 0.6 is 22.9 Å². The van der Waals surface area contributed by atoms with Gasteiger partial charge >= 0.3 is 0 Å². The van der Waals surface area contributed by atoms with Crippen molar-refractivity contribution in [2.24, 2.45) is 0 Å². The number of amides is 1. The van der Waals surface area contributed by atoms with Gasteiger partial charge in [0.1, 0.15) is 0 Å². The first kappa shape index (κ1) is 15.8. The predicted molar refractivity (Wildman–Crippen MR) is 86.8 cm³/mol. The number of aliphatic hydroxyl groups excluding tert-OH is 1. The third-order valence-electron chi connectivity index (χ3n) is 3.07. The van der Waals surface area contributed by atoms with Crippen LogP contribution in [0.3, 0.4) is 0 Å². The highest BCUT2D eigenvalue weighted by molar-refractivity contribution is 7.10. The molecule has 0 fully saturated rings. The Bertz CT molecular complexity index is 628. The monoisotopic (exact) mass is 324 g/mol. The number of halogens is 1. The summed E-state index contributed by atoms with van der Waals surface area (Å²) in [6, 6.07) is 7.21. The highest BCUT2D eigenvalue weighted by Gasteiger charge is 2.06. The molecule has 0 saturated heterocycles. The van der Waals surface area contributed by atoms with Crippen LogP contribution in [-0.2, 0) is 17.9 Å². The summed E-state index contributed by atoms with van der Waals surface area (Å²) in [7, 11) is 0. The zero-order valence-corrected chi connectivity index (χ0v) is 13.2. The van der Waals surface area contributed by atoms with Crippen molar-refractivity contribution in [2.45, 2.75) is 20.1 Å². The van der Waals surface area contributed by atoms with Gasteiger partial charge in [-0.3, -0.25) is 4.79 Å². The number of anilines is 1. The minimum atomic E-state index is -0.103. The van der Waals surface area contributed by atoms with Gasteiger partial charge < -0.3 is 15.7 Å². The number of carbonyl (C=O) groups excluding carboxylic acids is 1. The second kappa shape index (κ2) is 7.45. The van der Waals surface area contributed by atoms with Crippen LogP contribution in [0.25, 0.3) is 0 Å².